The van der Waals surface area contributed by atoms with Crippen LogP contribution >= 0.6 is 0 Å². The van der Waals surface area contributed by atoms with Crippen molar-refractivity contribution in [2.24, 2.45) is 0 Å². The first-order chi connectivity index (χ1) is 9.27. The smallest absolute Gasteiger partial charge is 0.117 e. The Morgan fingerprint density at radius 1 is 1.32 bits per heavy atom. The van der Waals surface area contributed by atoms with Gasteiger partial charge in [0.1, 0.15) is 5.76 Å². The molecule has 1 aliphatic carbocycles. The first-order valence-corrected chi connectivity index (χ1v) is 7.72. The van der Waals surface area contributed by atoms with Crippen molar-refractivity contribution in [1.29, 1.82) is 0 Å². The molecule has 2 rings (SSSR count). The molecule has 0 amide bonds. The third-order valence-corrected chi connectivity index (χ3v) is 4.41. The highest BCUT2D eigenvalue weighted by Gasteiger charge is 2.20. The van der Waals surface area contributed by atoms with Crippen LogP contribution in [0.4, 0.5) is 0 Å². The first-order valence-electron chi connectivity index (χ1n) is 7.72. The highest BCUT2D eigenvalue weighted by Crippen LogP contribution is 2.22. The van der Waals surface area contributed by atoms with Crippen molar-refractivity contribution in [2.75, 3.05) is 13.6 Å². The van der Waals surface area contributed by atoms with E-state index in [0.717, 1.165) is 24.9 Å². The zero-order valence-electron chi connectivity index (χ0n) is 12.4. The molecule has 1 heterocycles. The van der Waals surface area contributed by atoms with Crippen molar-refractivity contribution < 1.29 is 4.42 Å². The Labute approximate surface area is 117 Å². The minimum Gasteiger partial charge on any atom is -0.468 e. The van der Waals surface area contributed by atoms with Crippen LogP contribution in [0.5, 0.6) is 0 Å². The van der Waals surface area contributed by atoms with Crippen LogP contribution in [0, 0.1) is 0 Å². The second-order valence-electron chi connectivity index (χ2n) is 5.87. The van der Waals surface area contributed by atoms with Crippen molar-refractivity contribution in [1.82, 2.24) is 10.2 Å². The Hall–Kier alpha value is -0.800. The third kappa shape index (κ3) is 4.66. The Kier molecular flexibility index (Phi) is 5.93. The molecule has 1 saturated carbocycles. The van der Waals surface area contributed by atoms with E-state index in [9.17, 15) is 0 Å². The highest BCUT2D eigenvalue weighted by molar-refractivity contribution is 4.97. The number of likely N-dealkylation sites (N-methyl/N-ethyl adjacent to an activating group) is 1. The van der Waals surface area contributed by atoms with Crippen LogP contribution in [0.1, 0.15) is 51.2 Å². The summed E-state index contributed by atoms with van der Waals surface area (Å²) >= 11 is 0. The quantitative estimate of drug-likeness (QED) is 0.798. The normalized spacial score (nSPS) is 19.5. The van der Waals surface area contributed by atoms with Gasteiger partial charge in [-0.2, -0.15) is 0 Å². The lowest BCUT2D eigenvalue weighted by Gasteiger charge is -2.32. The van der Waals surface area contributed by atoms with Crippen LogP contribution in [0.25, 0.3) is 0 Å². The molecule has 0 bridgehead atoms. The molecule has 1 fully saturated rings. The predicted molar refractivity (Wildman–Crippen MR) is 79.1 cm³/mol. The van der Waals surface area contributed by atoms with E-state index in [2.05, 4.69) is 24.2 Å². The summed E-state index contributed by atoms with van der Waals surface area (Å²) in [5, 5.41) is 3.49. The predicted octanol–water partition coefficient (Wildman–Crippen LogP) is 3.41. The summed E-state index contributed by atoms with van der Waals surface area (Å²) in [5.41, 5.74) is 0. The molecule has 0 aliphatic heterocycles. The molecule has 1 atom stereocenters. The molecule has 19 heavy (non-hydrogen) atoms. The number of hydrogen-bond donors (Lipinski definition) is 1. The van der Waals surface area contributed by atoms with E-state index in [4.69, 9.17) is 4.42 Å². The van der Waals surface area contributed by atoms with Crippen molar-refractivity contribution >= 4 is 0 Å². The number of hydrogen-bond acceptors (Lipinski definition) is 3. The summed E-state index contributed by atoms with van der Waals surface area (Å²) in [7, 11) is 2.29. The van der Waals surface area contributed by atoms with Gasteiger partial charge in [-0.25, -0.2) is 0 Å². The van der Waals surface area contributed by atoms with Crippen LogP contribution < -0.4 is 5.32 Å². The highest BCUT2D eigenvalue weighted by atomic mass is 16.3. The van der Waals surface area contributed by atoms with Crippen molar-refractivity contribution in [3.63, 3.8) is 0 Å². The fourth-order valence-corrected chi connectivity index (χ4v) is 2.99. The van der Waals surface area contributed by atoms with Gasteiger partial charge in [0.15, 0.2) is 0 Å². The lowest BCUT2D eigenvalue weighted by Crippen LogP contribution is -2.43. The van der Waals surface area contributed by atoms with Gasteiger partial charge >= 0.3 is 0 Å². The fourth-order valence-electron chi connectivity index (χ4n) is 2.99. The summed E-state index contributed by atoms with van der Waals surface area (Å²) in [6, 6.07) is 5.33. The van der Waals surface area contributed by atoms with Crippen molar-refractivity contribution in [3.8, 4) is 0 Å². The molecule has 1 unspecified atom stereocenters. The summed E-state index contributed by atoms with van der Waals surface area (Å²) < 4.78 is 5.33. The van der Waals surface area contributed by atoms with E-state index < -0.39 is 0 Å². The van der Waals surface area contributed by atoms with E-state index >= 15 is 0 Å². The molecule has 1 N–H and O–H groups in total. The summed E-state index contributed by atoms with van der Waals surface area (Å²) in [6.45, 7) is 4.17. The molecule has 1 aromatic heterocycles. The summed E-state index contributed by atoms with van der Waals surface area (Å²) in [6.07, 6.45) is 10.1. The number of nitrogens with zero attached hydrogens (tertiary/aromatic N) is 1. The van der Waals surface area contributed by atoms with Crippen molar-refractivity contribution in [3.05, 3.63) is 24.2 Å². The van der Waals surface area contributed by atoms with Gasteiger partial charge in [-0.1, -0.05) is 25.7 Å². The summed E-state index contributed by atoms with van der Waals surface area (Å²) in [4.78, 5) is 2.57. The second-order valence-corrected chi connectivity index (χ2v) is 5.87. The Bertz CT molecular complexity index is 329. The average Bonchev–Trinajstić information content (AvgIpc) is 2.78. The third-order valence-electron chi connectivity index (χ3n) is 4.41. The SMILES string of the molecule is CC(CNCc1ccco1)N(C)C1CCCCCC1. The van der Waals surface area contributed by atoms with Gasteiger partial charge in [-0.05, 0) is 38.9 Å². The lowest BCUT2D eigenvalue weighted by atomic mass is 10.1. The molecule has 0 saturated heterocycles. The molecule has 0 aromatic carbocycles. The van der Waals surface area contributed by atoms with Gasteiger partial charge in [0.2, 0.25) is 0 Å². The van der Waals surface area contributed by atoms with E-state index in [1.54, 1.807) is 6.26 Å². The number of furan rings is 1. The maximum Gasteiger partial charge on any atom is 0.117 e. The molecule has 0 spiro atoms. The topological polar surface area (TPSA) is 28.4 Å². The standard InChI is InChI=1S/C16H28N2O/c1-14(12-17-13-16-10-7-11-19-16)18(2)15-8-5-3-4-6-9-15/h7,10-11,14-15,17H,3-6,8-9,12-13H2,1-2H3. The molecule has 0 radical (unpaired) electrons. The summed E-state index contributed by atoms with van der Waals surface area (Å²) in [5.74, 6) is 1.02. The number of rotatable bonds is 6. The van der Waals surface area contributed by atoms with Crippen LogP contribution in [-0.4, -0.2) is 30.6 Å². The number of nitrogens with one attached hydrogen (secondary N) is 1. The molecule has 3 nitrogen and oxygen atoms in total. The Balaban J connectivity index is 1.70. The molecule has 1 aliphatic rings. The average molecular weight is 264 g/mol. The van der Waals surface area contributed by atoms with Crippen LogP contribution in [0.15, 0.2) is 22.8 Å². The fraction of sp³-hybridized carbons (Fsp3) is 0.750. The zero-order chi connectivity index (χ0) is 13.5. The van der Waals surface area contributed by atoms with Crippen LogP contribution in [-0.2, 0) is 6.54 Å². The molecule has 3 heteroatoms. The van der Waals surface area contributed by atoms with Gasteiger partial charge in [0.05, 0.1) is 12.8 Å². The van der Waals surface area contributed by atoms with Gasteiger partial charge in [0.25, 0.3) is 0 Å². The van der Waals surface area contributed by atoms with Gasteiger partial charge < -0.3 is 9.73 Å². The van der Waals surface area contributed by atoms with E-state index in [0.29, 0.717) is 6.04 Å². The zero-order valence-corrected chi connectivity index (χ0v) is 12.4. The monoisotopic (exact) mass is 264 g/mol. The largest absolute Gasteiger partial charge is 0.468 e. The Morgan fingerprint density at radius 3 is 2.68 bits per heavy atom. The van der Waals surface area contributed by atoms with Crippen LogP contribution in [0.3, 0.4) is 0 Å². The maximum atomic E-state index is 5.33. The minimum atomic E-state index is 0.582. The molecular formula is C16H28N2O. The van der Waals surface area contributed by atoms with E-state index in [-0.39, 0.29) is 0 Å². The molecule has 1 aromatic rings. The van der Waals surface area contributed by atoms with Crippen molar-refractivity contribution in [2.45, 2.75) is 64.1 Å². The Morgan fingerprint density at radius 2 is 2.05 bits per heavy atom. The lowest BCUT2D eigenvalue weighted by molar-refractivity contribution is 0.164. The van der Waals surface area contributed by atoms with E-state index in [1.165, 1.54) is 38.5 Å². The van der Waals surface area contributed by atoms with Gasteiger partial charge in [0, 0.05) is 18.6 Å². The van der Waals surface area contributed by atoms with E-state index in [1.807, 2.05) is 12.1 Å². The molecule has 108 valence electrons. The first kappa shape index (κ1) is 14.6. The second kappa shape index (κ2) is 7.71. The maximum absolute atomic E-state index is 5.33. The van der Waals surface area contributed by atoms with Gasteiger partial charge in [-0.15, -0.1) is 0 Å². The molecular weight excluding hydrogens is 236 g/mol. The van der Waals surface area contributed by atoms with Gasteiger partial charge in [-0.3, -0.25) is 4.90 Å². The van der Waals surface area contributed by atoms with Crippen LogP contribution in [0.2, 0.25) is 0 Å². The minimum absolute atomic E-state index is 0.582.